The third kappa shape index (κ3) is 3.18. The summed E-state index contributed by atoms with van der Waals surface area (Å²) in [5.41, 5.74) is 0. The van der Waals surface area contributed by atoms with Crippen LogP contribution in [0.1, 0.15) is 30.6 Å². The second-order valence-electron chi connectivity index (χ2n) is 4.05. The fraction of sp³-hybridized carbons (Fsp3) is 0.636. The maximum absolute atomic E-state index is 9.77. The first kappa shape index (κ1) is 11.4. The lowest BCUT2D eigenvalue weighted by Crippen LogP contribution is -2.41. The van der Waals surface area contributed by atoms with Crippen molar-refractivity contribution in [2.75, 3.05) is 0 Å². The molecule has 15 heavy (non-hydrogen) atoms. The summed E-state index contributed by atoms with van der Waals surface area (Å²) in [4.78, 5) is 1.23. The van der Waals surface area contributed by atoms with Crippen molar-refractivity contribution < 1.29 is 5.11 Å². The summed E-state index contributed by atoms with van der Waals surface area (Å²) in [5.74, 6) is 0. The van der Waals surface area contributed by atoms with Gasteiger partial charge in [0.05, 0.1) is 10.4 Å². The van der Waals surface area contributed by atoms with E-state index in [1.807, 2.05) is 12.1 Å². The molecule has 0 bridgehead atoms. The zero-order chi connectivity index (χ0) is 10.7. The molecule has 2 nitrogen and oxygen atoms in total. The van der Waals surface area contributed by atoms with Crippen LogP contribution < -0.4 is 5.32 Å². The number of hydrogen-bond donors (Lipinski definition) is 2. The number of thiophene rings is 1. The Morgan fingerprint density at radius 2 is 2.20 bits per heavy atom. The van der Waals surface area contributed by atoms with Crippen LogP contribution in [-0.4, -0.2) is 17.3 Å². The van der Waals surface area contributed by atoms with Crippen LogP contribution in [0.5, 0.6) is 0 Å². The molecule has 0 aromatic carbocycles. The van der Waals surface area contributed by atoms with Gasteiger partial charge in [-0.3, -0.25) is 0 Å². The fourth-order valence-corrected chi connectivity index (χ4v) is 3.07. The Morgan fingerprint density at radius 1 is 1.40 bits per heavy atom. The largest absolute Gasteiger partial charge is 0.392 e. The number of nitrogens with one attached hydrogen (secondary N) is 1. The summed E-state index contributed by atoms with van der Waals surface area (Å²) < 4.78 is 0.830. The Kier molecular flexibility index (Phi) is 4.03. The molecular weight excluding hydrogens is 230 g/mol. The van der Waals surface area contributed by atoms with E-state index in [0.29, 0.717) is 0 Å². The molecule has 0 spiro atoms. The van der Waals surface area contributed by atoms with Crippen LogP contribution in [0.25, 0.3) is 0 Å². The predicted octanol–water partition coefficient (Wildman–Crippen LogP) is 2.79. The van der Waals surface area contributed by atoms with Gasteiger partial charge >= 0.3 is 0 Å². The van der Waals surface area contributed by atoms with Crippen molar-refractivity contribution in [2.24, 2.45) is 0 Å². The molecule has 1 heterocycles. The molecule has 0 aliphatic heterocycles. The Balaban J connectivity index is 1.81. The van der Waals surface area contributed by atoms with Crippen LogP contribution in [0.15, 0.2) is 12.1 Å². The van der Waals surface area contributed by atoms with Crippen molar-refractivity contribution in [2.45, 2.75) is 44.4 Å². The number of hydrogen-bond acceptors (Lipinski definition) is 3. The van der Waals surface area contributed by atoms with E-state index in [4.69, 9.17) is 11.6 Å². The molecule has 1 aromatic rings. The average molecular weight is 246 g/mol. The van der Waals surface area contributed by atoms with Crippen molar-refractivity contribution in [3.8, 4) is 0 Å². The molecule has 1 aliphatic carbocycles. The lowest BCUT2D eigenvalue weighted by Gasteiger charge is -2.28. The van der Waals surface area contributed by atoms with E-state index in [0.717, 1.165) is 30.1 Å². The number of halogens is 1. The highest BCUT2D eigenvalue weighted by atomic mass is 35.5. The van der Waals surface area contributed by atoms with Gasteiger partial charge in [0.1, 0.15) is 0 Å². The highest BCUT2D eigenvalue weighted by molar-refractivity contribution is 7.16. The first-order valence-corrected chi connectivity index (χ1v) is 6.61. The first-order valence-electron chi connectivity index (χ1n) is 5.41. The maximum Gasteiger partial charge on any atom is 0.0931 e. The SMILES string of the molecule is O[C@@H]1CCCC[C@H]1NCc1ccc(Cl)s1. The van der Waals surface area contributed by atoms with Gasteiger partial charge < -0.3 is 10.4 Å². The Hall–Kier alpha value is -0.0900. The van der Waals surface area contributed by atoms with E-state index in [9.17, 15) is 5.11 Å². The number of aliphatic hydroxyl groups is 1. The van der Waals surface area contributed by atoms with Gasteiger partial charge in [0.25, 0.3) is 0 Å². The normalized spacial score (nSPS) is 26.8. The monoisotopic (exact) mass is 245 g/mol. The van der Waals surface area contributed by atoms with E-state index in [1.165, 1.54) is 11.3 Å². The standard InChI is InChI=1S/C11H16ClNOS/c12-11-6-5-8(15-11)7-13-9-3-1-2-4-10(9)14/h5-6,9-10,13-14H,1-4,7H2/t9-,10-/m1/s1. The Bertz CT molecular complexity index is 315. The van der Waals surface area contributed by atoms with Gasteiger partial charge in [-0.25, -0.2) is 0 Å². The van der Waals surface area contributed by atoms with E-state index in [1.54, 1.807) is 11.3 Å². The molecule has 0 unspecified atom stereocenters. The quantitative estimate of drug-likeness (QED) is 0.859. The third-order valence-corrected chi connectivity index (χ3v) is 4.13. The predicted molar refractivity (Wildman–Crippen MR) is 64.4 cm³/mol. The summed E-state index contributed by atoms with van der Waals surface area (Å²) in [6.07, 6.45) is 4.22. The molecule has 2 N–H and O–H groups in total. The highest BCUT2D eigenvalue weighted by Gasteiger charge is 2.22. The minimum Gasteiger partial charge on any atom is -0.392 e. The van der Waals surface area contributed by atoms with E-state index < -0.39 is 0 Å². The maximum atomic E-state index is 9.77. The first-order chi connectivity index (χ1) is 7.25. The molecular formula is C11H16ClNOS. The zero-order valence-electron chi connectivity index (χ0n) is 8.58. The second kappa shape index (κ2) is 5.30. The average Bonchev–Trinajstić information content (AvgIpc) is 2.63. The molecule has 1 aromatic heterocycles. The summed E-state index contributed by atoms with van der Waals surface area (Å²) >= 11 is 7.45. The Morgan fingerprint density at radius 3 is 2.87 bits per heavy atom. The smallest absolute Gasteiger partial charge is 0.0931 e. The minimum absolute atomic E-state index is 0.172. The fourth-order valence-electron chi connectivity index (χ4n) is 2.03. The molecule has 2 atom stereocenters. The topological polar surface area (TPSA) is 32.3 Å². The second-order valence-corrected chi connectivity index (χ2v) is 5.84. The highest BCUT2D eigenvalue weighted by Crippen LogP contribution is 2.23. The summed E-state index contributed by atoms with van der Waals surface area (Å²) in [5, 5.41) is 13.2. The van der Waals surface area contributed by atoms with Crippen molar-refractivity contribution in [1.29, 1.82) is 0 Å². The Labute approximate surface area is 99.3 Å². The lowest BCUT2D eigenvalue weighted by molar-refractivity contribution is 0.0904. The molecule has 1 fully saturated rings. The van der Waals surface area contributed by atoms with Gasteiger partial charge in [0.15, 0.2) is 0 Å². The van der Waals surface area contributed by atoms with Gasteiger partial charge in [-0.15, -0.1) is 11.3 Å². The minimum atomic E-state index is -0.172. The van der Waals surface area contributed by atoms with Gasteiger partial charge in [0, 0.05) is 17.5 Å². The lowest BCUT2D eigenvalue weighted by atomic mass is 9.92. The van der Waals surface area contributed by atoms with E-state index in [-0.39, 0.29) is 12.1 Å². The van der Waals surface area contributed by atoms with Crippen molar-refractivity contribution in [3.63, 3.8) is 0 Å². The van der Waals surface area contributed by atoms with Gasteiger partial charge in [-0.05, 0) is 25.0 Å². The van der Waals surface area contributed by atoms with Crippen LogP contribution >= 0.6 is 22.9 Å². The molecule has 84 valence electrons. The van der Waals surface area contributed by atoms with Crippen LogP contribution in [0.3, 0.4) is 0 Å². The van der Waals surface area contributed by atoms with Crippen molar-refractivity contribution in [1.82, 2.24) is 5.32 Å². The van der Waals surface area contributed by atoms with Gasteiger partial charge in [0.2, 0.25) is 0 Å². The molecule has 2 rings (SSSR count). The zero-order valence-corrected chi connectivity index (χ0v) is 10.2. The third-order valence-electron chi connectivity index (χ3n) is 2.90. The molecule has 0 amide bonds. The van der Waals surface area contributed by atoms with Crippen LogP contribution in [-0.2, 0) is 6.54 Å². The van der Waals surface area contributed by atoms with Gasteiger partial charge in [-0.2, -0.15) is 0 Å². The van der Waals surface area contributed by atoms with Crippen molar-refractivity contribution >= 4 is 22.9 Å². The molecule has 1 saturated carbocycles. The number of rotatable bonds is 3. The molecule has 1 aliphatic rings. The van der Waals surface area contributed by atoms with Crippen LogP contribution in [0.2, 0.25) is 4.34 Å². The van der Waals surface area contributed by atoms with E-state index >= 15 is 0 Å². The molecule has 0 radical (unpaired) electrons. The van der Waals surface area contributed by atoms with Crippen LogP contribution in [0.4, 0.5) is 0 Å². The molecule has 0 saturated heterocycles. The number of aliphatic hydroxyl groups excluding tert-OH is 1. The van der Waals surface area contributed by atoms with Gasteiger partial charge in [-0.1, -0.05) is 24.4 Å². The van der Waals surface area contributed by atoms with Crippen LogP contribution in [0, 0.1) is 0 Å². The summed E-state index contributed by atoms with van der Waals surface area (Å²) in [6.45, 7) is 0.819. The van der Waals surface area contributed by atoms with Crippen molar-refractivity contribution in [3.05, 3.63) is 21.3 Å². The van der Waals surface area contributed by atoms with E-state index in [2.05, 4.69) is 5.32 Å². The summed E-state index contributed by atoms with van der Waals surface area (Å²) in [6, 6.07) is 4.22. The summed E-state index contributed by atoms with van der Waals surface area (Å²) in [7, 11) is 0. The molecule has 4 heteroatoms.